The molecular formula is C26H26N4O5. The van der Waals surface area contributed by atoms with Crippen molar-refractivity contribution in [2.75, 3.05) is 6.61 Å². The molecular weight excluding hydrogens is 448 g/mol. The van der Waals surface area contributed by atoms with Crippen molar-refractivity contribution >= 4 is 18.0 Å². The SMILES string of the molecule is C=CCC(NC(=O)C(NC(=O)OCC1c2ccccc2-c2ccccc21)c1cnn(C)c1)C(=O)O. The molecule has 0 bridgehead atoms. The fourth-order valence-electron chi connectivity index (χ4n) is 4.29. The van der Waals surface area contributed by atoms with Gasteiger partial charge in [-0.3, -0.25) is 9.48 Å². The van der Waals surface area contributed by atoms with Crippen LogP contribution in [0.3, 0.4) is 0 Å². The fraction of sp³-hybridized carbons (Fsp3) is 0.231. The fourth-order valence-corrected chi connectivity index (χ4v) is 4.29. The molecule has 0 radical (unpaired) electrons. The molecule has 35 heavy (non-hydrogen) atoms. The zero-order valence-corrected chi connectivity index (χ0v) is 19.2. The van der Waals surface area contributed by atoms with E-state index in [1.165, 1.54) is 17.0 Å². The number of aromatic nitrogens is 2. The lowest BCUT2D eigenvalue weighted by molar-refractivity contribution is -0.142. The molecule has 180 valence electrons. The third kappa shape index (κ3) is 5.08. The Morgan fingerprint density at radius 1 is 1.11 bits per heavy atom. The van der Waals surface area contributed by atoms with Crippen LogP contribution >= 0.6 is 0 Å². The maximum absolute atomic E-state index is 12.9. The second-order valence-corrected chi connectivity index (χ2v) is 8.27. The van der Waals surface area contributed by atoms with Crippen LogP contribution < -0.4 is 10.6 Å². The largest absolute Gasteiger partial charge is 0.480 e. The molecule has 0 saturated carbocycles. The minimum absolute atomic E-state index is 0.0335. The second kappa shape index (κ2) is 10.3. The lowest BCUT2D eigenvalue weighted by Gasteiger charge is -2.21. The highest BCUT2D eigenvalue weighted by atomic mass is 16.5. The summed E-state index contributed by atoms with van der Waals surface area (Å²) in [6.07, 6.45) is 3.63. The van der Waals surface area contributed by atoms with Crippen LogP contribution in [-0.4, -0.2) is 45.5 Å². The molecule has 4 rings (SSSR count). The van der Waals surface area contributed by atoms with Gasteiger partial charge in [0.2, 0.25) is 5.91 Å². The van der Waals surface area contributed by atoms with Crippen molar-refractivity contribution < 1.29 is 24.2 Å². The third-order valence-corrected chi connectivity index (χ3v) is 5.94. The van der Waals surface area contributed by atoms with Gasteiger partial charge >= 0.3 is 12.1 Å². The number of rotatable bonds is 9. The number of aliphatic carboxylic acids is 1. The van der Waals surface area contributed by atoms with E-state index >= 15 is 0 Å². The summed E-state index contributed by atoms with van der Waals surface area (Å²) >= 11 is 0. The number of fused-ring (bicyclic) bond motifs is 3. The van der Waals surface area contributed by atoms with Gasteiger partial charge in [-0.05, 0) is 28.7 Å². The standard InChI is InChI=1S/C26H26N4O5/c1-3-8-22(25(32)33)28-24(31)23(16-13-27-30(2)14-16)29-26(34)35-15-21-19-11-6-4-9-17(19)18-10-5-7-12-20(18)21/h3-7,9-14,21-23H,1,8,15H2,2H3,(H,28,31)(H,29,34)(H,32,33). The van der Waals surface area contributed by atoms with Crippen molar-refractivity contribution in [1.82, 2.24) is 20.4 Å². The average Bonchev–Trinajstić information content (AvgIpc) is 3.42. The number of benzene rings is 2. The van der Waals surface area contributed by atoms with Crippen LogP contribution in [0.1, 0.15) is 35.1 Å². The van der Waals surface area contributed by atoms with Crippen molar-refractivity contribution in [3.63, 3.8) is 0 Å². The van der Waals surface area contributed by atoms with E-state index in [1.807, 2.05) is 48.5 Å². The first-order chi connectivity index (χ1) is 16.9. The predicted octanol–water partition coefficient (Wildman–Crippen LogP) is 3.15. The molecule has 0 fully saturated rings. The van der Waals surface area contributed by atoms with E-state index in [2.05, 4.69) is 22.3 Å². The summed E-state index contributed by atoms with van der Waals surface area (Å²) in [5.41, 5.74) is 4.73. The zero-order chi connectivity index (χ0) is 24.9. The van der Waals surface area contributed by atoms with Crippen LogP contribution in [0, 0.1) is 0 Å². The molecule has 0 aliphatic heterocycles. The number of ether oxygens (including phenoxy) is 1. The lowest BCUT2D eigenvalue weighted by Crippen LogP contribution is -2.47. The van der Waals surface area contributed by atoms with Gasteiger partial charge in [0.1, 0.15) is 18.7 Å². The second-order valence-electron chi connectivity index (χ2n) is 8.27. The number of hydrogen-bond acceptors (Lipinski definition) is 5. The van der Waals surface area contributed by atoms with Crippen molar-refractivity contribution in [2.24, 2.45) is 7.05 Å². The molecule has 2 aromatic carbocycles. The van der Waals surface area contributed by atoms with Crippen molar-refractivity contribution in [3.8, 4) is 11.1 Å². The molecule has 9 nitrogen and oxygen atoms in total. The van der Waals surface area contributed by atoms with Gasteiger partial charge in [-0.1, -0.05) is 54.6 Å². The van der Waals surface area contributed by atoms with Gasteiger partial charge < -0.3 is 20.5 Å². The summed E-state index contributed by atoms with van der Waals surface area (Å²) in [5.74, 6) is -2.03. The highest BCUT2D eigenvalue weighted by Crippen LogP contribution is 2.44. The Labute approximate surface area is 202 Å². The van der Waals surface area contributed by atoms with E-state index in [4.69, 9.17) is 4.74 Å². The van der Waals surface area contributed by atoms with Crippen molar-refractivity contribution in [2.45, 2.75) is 24.4 Å². The van der Waals surface area contributed by atoms with Gasteiger partial charge in [-0.15, -0.1) is 6.58 Å². The normalized spacial score (nSPS) is 13.7. The van der Waals surface area contributed by atoms with E-state index in [0.29, 0.717) is 5.56 Å². The highest BCUT2D eigenvalue weighted by Gasteiger charge is 2.31. The molecule has 2 unspecified atom stereocenters. The molecule has 1 aliphatic rings. The van der Waals surface area contributed by atoms with Crippen LogP contribution in [0.4, 0.5) is 4.79 Å². The molecule has 3 aromatic rings. The van der Waals surface area contributed by atoms with Gasteiger partial charge in [0.05, 0.1) is 6.20 Å². The molecule has 1 aromatic heterocycles. The monoisotopic (exact) mass is 474 g/mol. The Bertz CT molecular complexity index is 1220. The number of carboxylic acid groups (broad SMARTS) is 1. The van der Waals surface area contributed by atoms with Gasteiger partial charge in [-0.2, -0.15) is 5.10 Å². The molecule has 1 heterocycles. The first-order valence-electron chi connectivity index (χ1n) is 11.1. The minimum Gasteiger partial charge on any atom is -0.480 e. The Hall–Kier alpha value is -4.40. The number of carbonyl (C=O) groups is 3. The maximum Gasteiger partial charge on any atom is 0.408 e. The summed E-state index contributed by atoms with van der Waals surface area (Å²) in [4.78, 5) is 37.2. The van der Waals surface area contributed by atoms with Crippen molar-refractivity contribution in [3.05, 3.63) is 90.3 Å². The molecule has 0 saturated heterocycles. The summed E-state index contributed by atoms with van der Waals surface area (Å²) in [6.45, 7) is 3.60. The van der Waals surface area contributed by atoms with E-state index in [1.54, 1.807) is 13.2 Å². The summed E-state index contributed by atoms with van der Waals surface area (Å²) < 4.78 is 7.04. The summed E-state index contributed by atoms with van der Waals surface area (Å²) in [7, 11) is 1.67. The molecule has 1 aliphatic carbocycles. The number of nitrogens with one attached hydrogen (secondary N) is 2. The van der Waals surface area contributed by atoms with Gasteiger partial charge in [0.25, 0.3) is 0 Å². The van der Waals surface area contributed by atoms with Gasteiger partial charge in [0, 0.05) is 24.7 Å². The predicted molar refractivity (Wildman–Crippen MR) is 129 cm³/mol. The number of nitrogens with zero attached hydrogens (tertiary/aromatic N) is 2. The smallest absolute Gasteiger partial charge is 0.408 e. The minimum atomic E-state index is -1.20. The number of carbonyl (C=O) groups excluding carboxylic acids is 2. The Kier molecular flexibility index (Phi) is 6.96. The summed E-state index contributed by atoms with van der Waals surface area (Å²) in [5, 5.41) is 18.4. The van der Waals surface area contributed by atoms with E-state index in [0.717, 1.165) is 22.3 Å². The van der Waals surface area contributed by atoms with Crippen LogP contribution in [0.2, 0.25) is 0 Å². The zero-order valence-electron chi connectivity index (χ0n) is 19.2. The van der Waals surface area contributed by atoms with E-state index in [9.17, 15) is 19.5 Å². The van der Waals surface area contributed by atoms with Crippen LogP contribution in [0.15, 0.2) is 73.6 Å². The number of hydrogen-bond donors (Lipinski definition) is 3. The van der Waals surface area contributed by atoms with Crippen LogP contribution in [-0.2, 0) is 21.4 Å². The van der Waals surface area contributed by atoms with E-state index < -0.39 is 30.1 Å². The lowest BCUT2D eigenvalue weighted by atomic mass is 9.98. The van der Waals surface area contributed by atoms with Crippen LogP contribution in [0.5, 0.6) is 0 Å². The first-order valence-corrected chi connectivity index (χ1v) is 11.1. The first kappa shape index (κ1) is 23.7. The topological polar surface area (TPSA) is 123 Å². The third-order valence-electron chi connectivity index (χ3n) is 5.94. The molecule has 9 heteroatoms. The Morgan fingerprint density at radius 3 is 2.29 bits per heavy atom. The molecule has 3 N–H and O–H groups in total. The Morgan fingerprint density at radius 2 is 1.74 bits per heavy atom. The molecule has 2 atom stereocenters. The molecule has 2 amide bonds. The number of carboxylic acids is 1. The maximum atomic E-state index is 12.9. The number of amides is 2. The Balaban J connectivity index is 1.48. The highest BCUT2D eigenvalue weighted by molar-refractivity contribution is 5.90. The van der Waals surface area contributed by atoms with Gasteiger partial charge in [-0.25, -0.2) is 9.59 Å². The van der Waals surface area contributed by atoms with Crippen molar-refractivity contribution in [1.29, 1.82) is 0 Å². The quantitative estimate of drug-likeness (QED) is 0.410. The summed E-state index contributed by atoms with van der Waals surface area (Å²) in [6, 6.07) is 13.6. The molecule has 0 spiro atoms. The number of alkyl carbamates (subject to hydrolysis) is 1. The van der Waals surface area contributed by atoms with Gasteiger partial charge in [0.15, 0.2) is 0 Å². The average molecular weight is 475 g/mol. The number of aryl methyl sites for hydroxylation is 1. The van der Waals surface area contributed by atoms with E-state index in [-0.39, 0.29) is 18.9 Å². The van der Waals surface area contributed by atoms with Crippen LogP contribution in [0.25, 0.3) is 11.1 Å².